The monoisotopic (exact) mass is 387 g/mol. The molecule has 1 N–H and O–H groups in total. The number of thiophene rings is 1. The minimum atomic E-state index is -0.519. The van der Waals surface area contributed by atoms with E-state index in [0.717, 1.165) is 13.1 Å². The summed E-state index contributed by atoms with van der Waals surface area (Å²) in [6.07, 6.45) is 0. The van der Waals surface area contributed by atoms with Crippen molar-refractivity contribution in [2.24, 2.45) is 0 Å². The number of carbonyl (C=O) groups excluding carboxylic acids is 1. The van der Waals surface area contributed by atoms with Crippen LogP contribution in [-0.4, -0.2) is 48.2 Å². The zero-order valence-electron chi connectivity index (χ0n) is 14.8. The first-order valence-corrected chi connectivity index (χ1v) is 9.80. The highest BCUT2D eigenvalue weighted by molar-refractivity contribution is 7.10. The molecule has 1 saturated heterocycles. The van der Waals surface area contributed by atoms with Gasteiger partial charge < -0.3 is 14.5 Å². The molecule has 27 heavy (non-hydrogen) atoms. The number of morpholine rings is 1. The Labute approximate surface area is 160 Å². The highest BCUT2D eigenvalue weighted by Crippen LogP contribution is 2.25. The molecule has 1 atom stereocenters. The smallest absolute Gasteiger partial charge is 0.408 e. The fourth-order valence-electron chi connectivity index (χ4n) is 3.35. The summed E-state index contributed by atoms with van der Waals surface area (Å²) >= 11 is 1.68. The first-order valence-electron chi connectivity index (χ1n) is 8.92. The largest absolute Gasteiger partial charge is 0.420 e. The van der Waals surface area contributed by atoms with Crippen molar-refractivity contribution >= 4 is 28.3 Å². The highest BCUT2D eigenvalue weighted by Gasteiger charge is 2.24. The van der Waals surface area contributed by atoms with Crippen molar-refractivity contribution < 1.29 is 13.9 Å². The zero-order chi connectivity index (χ0) is 18.6. The summed E-state index contributed by atoms with van der Waals surface area (Å²) in [6.45, 7) is 3.51. The number of oxazole rings is 1. The van der Waals surface area contributed by atoms with Gasteiger partial charge in [0, 0.05) is 24.5 Å². The van der Waals surface area contributed by atoms with Gasteiger partial charge in [-0.3, -0.25) is 14.3 Å². The molecule has 1 fully saturated rings. The molecule has 3 heterocycles. The third-order valence-electron chi connectivity index (χ3n) is 4.73. The molecule has 1 aliphatic heterocycles. The van der Waals surface area contributed by atoms with Gasteiger partial charge in [0.25, 0.3) is 0 Å². The molecule has 4 rings (SSSR count). The van der Waals surface area contributed by atoms with E-state index in [-0.39, 0.29) is 18.5 Å². The first kappa shape index (κ1) is 18.0. The summed E-state index contributed by atoms with van der Waals surface area (Å²) in [5.41, 5.74) is 1.11. The fraction of sp³-hybridized carbons (Fsp3) is 0.368. The van der Waals surface area contributed by atoms with Crippen LogP contribution in [0.5, 0.6) is 0 Å². The second-order valence-corrected chi connectivity index (χ2v) is 7.38. The van der Waals surface area contributed by atoms with E-state index in [0.29, 0.717) is 30.9 Å². The zero-order valence-corrected chi connectivity index (χ0v) is 15.6. The topological polar surface area (TPSA) is 76.7 Å². The number of carbonyl (C=O) groups is 1. The highest BCUT2D eigenvalue weighted by atomic mass is 32.1. The maximum atomic E-state index is 12.5. The molecule has 0 radical (unpaired) electrons. The summed E-state index contributed by atoms with van der Waals surface area (Å²) in [7, 11) is 0. The molecule has 1 aliphatic rings. The third kappa shape index (κ3) is 3.97. The number of hydrogen-bond acceptors (Lipinski definition) is 6. The lowest BCUT2D eigenvalue weighted by atomic mass is 10.2. The Balaban J connectivity index is 1.45. The summed E-state index contributed by atoms with van der Waals surface area (Å²) in [6, 6.07) is 11.3. The van der Waals surface area contributed by atoms with Crippen LogP contribution >= 0.6 is 11.3 Å². The van der Waals surface area contributed by atoms with Gasteiger partial charge in [0.1, 0.15) is 6.54 Å². The SMILES string of the molecule is O=C(Cn1c(=O)oc2ccccc21)NC[C@H](c1cccs1)N1CCOCC1. The molecule has 142 valence electrons. The Morgan fingerprint density at radius 1 is 1.19 bits per heavy atom. The van der Waals surface area contributed by atoms with Crippen LogP contribution in [-0.2, 0) is 16.1 Å². The number of rotatable bonds is 6. The Morgan fingerprint density at radius 2 is 2.00 bits per heavy atom. The first-order chi connectivity index (χ1) is 13.2. The molecule has 1 amide bonds. The maximum absolute atomic E-state index is 12.5. The number of amides is 1. The summed E-state index contributed by atoms with van der Waals surface area (Å²) in [5.74, 6) is -0.729. The molecular weight excluding hydrogens is 366 g/mol. The van der Waals surface area contributed by atoms with E-state index in [1.807, 2.05) is 17.5 Å². The van der Waals surface area contributed by atoms with Crippen molar-refractivity contribution in [1.82, 2.24) is 14.8 Å². The second-order valence-electron chi connectivity index (χ2n) is 6.41. The summed E-state index contributed by atoms with van der Waals surface area (Å²) in [5, 5.41) is 5.03. The van der Waals surface area contributed by atoms with Gasteiger partial charge in [-0.2, -0.15) is 0 Å². The molecule has 8 heteroatoms. The predicted octanol–water partition coefficient (Wildman–Crippen LogP) is 1.85. The molecule has 0 aliphatic carbocycles. The van der Waals surface area contributed by atoms with Crippen LogP contribution in [0.25, 0.3) is 11.1 Å². The van der Waals surface area contributed by atoms with Crippen LogP contribution in [0.1, 0.15) is 10.9 Å². The van der Waals surface area contributed by atoms with Crippen molar-refractivity contribution in [2.45, 2.75) is 12.6 Å². The lowest BCUT2D eigenvalue weighted by Crippen LogP contribution is -2.44. The molecule has 0 saturated carbocycles. The van der Waals surface area contributed by atoms with Gasteiger partial charge in [-0.15, -0.1) is 11.3 Å². The third-order valence-corrected chi connectivity index (χ3v) is 5.70. The van der Waals surface area contributed by atoms with Crippen molar-refractivity contribution in [3.05, 3.63) is 57.2 Å². The van der Waals surface area contributed by atoms with Gasteiger partial charge >= 0.3 is 5.76 Å². The molecule has 7 nitrogen and oxygen atoms in total. The van der Waals surface area contributed by atoms with E-state index in [2.05, 4.69) is 16.3 Å². The second kappa shape index (κ2) is 8.08. The summed E-state index contributed by atoms with van der Waals surface area (Å²) < 4.78 is 12.0. The Kier molecular flexibility index (Phi) is 5.38. The predicted molar refractivity (Wildman–Crippen MR) is 103 cm³/mol. The van der Waals surface area contributed by atoms with Crippen molar-refractivity contribution in [2.75, 3.05) is 32.8 Å². The number of aromatic nitrogens is 1. The fourth-order valence-corrected chi connectivity index (χ4v) is 4.21. The molecule has 3 aromatic rings. The Morgan fingerprint density at radius 3 is 2.78 bits per heavy atom. The number of nitrogens with zero attached hydrogens (tertiary/aromatic N) is 2. The van der Waals surface area contributed by atoms with E-state index in [4.69, 9.17) is 9.15 Å². The number of benzene rings is 1. The van der Waals surface area contributed by atoms with Crippen LogP contribution in [0.15, 0.2) is 51.0 Å². The van der Waals surface area contributed by atoms with Crippen LogP contribution in [0, 0.1) is 0 Å². The van der Waals surface area contributed by atoms with Gasteiger partial charge in [-0.1, -0.05) is 18.2 Å². The van der Waals surface area contributed by atoms with Crippen LogP contribution in [0.4, 0.5) is 0 Å². The quantitative estimate of drug-likeness (QED) is 0.699. The maximum Gasteiger partial charge on any atom is 0.420 e. The molecule has 1 aromatic carbocycles. The average Bonchev–Trinajstić information content (AvgIpc) is 3.32. The van der Waals surface area contributed by atoms with Gasteiger partial charge in [-0.05, 0) is 23.6 Å². The van der Waals surface area contributed by atoms with Gasteiger partial charge in [0.05, 0.1) is 24.8 Å². The van der Waals surface area contributed by atoms with Crippen LogP contribution in [0.3, 0.4) is 0 Å². The molecular formula is C19H21N3O4S. The normalized spacial score (nSPS) is 16.4. The van der Waals surface area contributed by atoms with E-state index >= 15 is 0 Å². The number of hydrogen-bond donors (Lipinski definition) is 1. The molecule has 0 unspecified atom stereocenters. The van der Waals surface area contributed by atoms with Crippen molar-refractivity contribution in [3.8, 4) is 0 Å². The van der Waals surface area contributed by atoms with E-state index in [1.54, 1.807) is 29.5 Å². The lowest BCUT2D eigenvalue weighted by molar-refractivity contribution is -0.122. The van der Waals surface area contributed by atoms with E-state index in [9.17, 15) is 9.59 Å². The lowest BCUT2D eigenvalue weighted by Gasteiger charge is -2.34. The molecule has 0 bridgehead atoms. The number of nitrogens with one attached hydrogen (secondary N) is 1. The number of fused-ring (bicyclic) bond motifs is 1. The summed E-state index contributed by atoms with van der Waals surface area (Å²) in [4.78, 5) is 28.1. The van der Waals surface area contributed by atoms with Gasteiger partial charge in [0.2, 0.25) is 5.91 Å². The minimum Gasteiger partial charge on any atom is -0.408 e. The Bertz CT molecular complexity index is 957. The van der Waals surface area contributed by atoms with Crippen molar-refractivity contribution in [1.29, 1.82) is 0 Å². The van der Waals surface area contributed by atoms with E-state index < -0.39 is 5.76 Å². The Hall–Kier alpha value is -2.42. The van der Waals surface area contributed by atoms with Crippen LogP contribution in [0.2, 0.25) is 0 Å². The van der Waals surface area contributed by atoms with E-state index in [1.165, 1.54) is 9.44 Å². The molecule has 0 spiro atoms. The standard InChI is InChI=1S/C19H21N3O4S/c23-18(13-22-14-4-1-2-5-16(14)26-19(22)24)20-12-15(17-6-3-11-27-17)21-7-9-25-10-8-21/h1-6,11,15H,7-10,12-13H2,(H,20,23)/t15-/m1/s1. The molecule has 2 aromatic heterocycles. The van der Waals surface area contributed by atoms with Gasteiger partial charge in [0.15, 0.2) is 5.58 Å². The van der Waals surface area contributed by atoms with Crippen LogP contribution < -0.4 is 11.1 Å². The van der Waals surface area contributed by atoms with Gasteiger partial charge in [-0.25, -0.2) is 4.79 Å². The number of ether oxygens (including phenoxy) is 1. The minimum absolute atomic E-state index is 0.0594. The number of para-hydroxylation sites is 2. The van der Waals surface area contributed by atoms with Crippen molar-refractivity contribution in [3.63, 3.8) is 0 Å². The average molecular weight is 387 g/mol.